The summed E-state index contributed by atoms with van der Waals surface area (Å²) < 4.78 is 5.50. The largest absolute Gasteiger partial charge is 0.382 e. The third-order valence-electron chi connectivity index (χ3n) is 1.96. The molecule has 1 aromatic heterocycles. The van der Waals surface area contributed by atoms with Crippen molar-refractivity contribution in [2.24, 2.45) is 0 Å². The zero-order chi connectivity index (χ0) is 9.10. The molecule has 70 valence electrons. The first-order valence-electron chi connectivity index (χ1n) is 4.27. The lowest BCUT2D eigenvalue weighted by Gasteiger charge is -2.22. The Hall–Kier alpha value is -1.20. The van der Waals surface area contributed by atoms with E-state index in [0.29, 0.717) is 5.82 Å². The van der Waals surface area contributed by atoms with Crippen molar-refractivity contribution >= 4 is 5.82 Å². The minimum atomic E-state index is 0.0156. The van der Waals surface area contributed by atoms with Crippen LogP contribution < -0.4 is 11.1 Å². The molecular formula is C8H12N4O. The summed E-state index contributed by atoms with van der Waals surface area (Å²) in [6, 6.07) is 3.58. The average Bonchev–Trinajstić information content (AvgIpc) is 2.20. The van der Waals surface area contributed by atoms with Crippen molar-refractivity contribution in [1.82, 2.24) is 15.5 Å². The van der Waals surface area contributed by atoms with Crippen molar-refractivity contribution in [3.8, 4) is 0 Å². The maximum Gasteiger partial charge on any atom is 0.146 e. The maximum atomic E-state index is 5.50. The first-order chi connectivity index (χ1) is 6.36. The van der Waals surface area contributed by atoms with Crippen LogP contribution in [0.3, 0.4) is 0 Å². The van der Waals surface area contributed by atoms with Crippen LogP contribution in [0.5, 0.6) is 0 Å². The molecule has 13 heavy (non-hydrogen) atoms. The van der Waals surface area contributed by atoms with E-state index in [1.54, 1.807) is 6.07 Å². The minimum absolute atomic E-state index is 0.0156. The smallest absolute Gasteiger partial charge is 0.146 e. The number of rotatable bonds is 1. The van der Waals surface area contributed by atoms with Gasteiger partial charge in [0.15, 0.2) is 0 Å². The number of morpholine rings is 1. The predicted octanol–water partition coefficient (Wildman–Crippen LogP) is -0.280. The third-order valence-corrected chi connectivity index (χ3v) is 1.96. The van der Waals surface area contributed by atoms with Gasteiger partial charge in [-0.25, -0.2) is 0 Å². The number of nitrogens with zero attached hydrogens (tertiary/aromatic N) is 2. The Morgan fingerprint density at radius 3 is 3.00 bits per heavy atom. The number of ether oxygens (including phenoxy) is 1. The zero-order valence-corrected chi connectivity index (χ0v) is 7.23. The quantitative estimate of drug-likeness (QED) is 0.621. The van der Waals surface area contributed by atoms with E-state index in [9.17, 15) is 0 Å². The molecule has 0 saturated carbocycles. The summed E-state index contributed by atoms with van der Waals surface area (Å²) in [4.78, 5) is 0. The lowest BCUT2D eigenvalue weighted by Crippen LogP contribution is -2.33. The fourth-order valence-corrected chi connectivity index (χ4v) is 1.28. The van der Waals surface area contributed by atoms with Gasteiger partial charge in [0, 0.05) is 13.1 Å². The second-order valence-corrected chi connectivity index (χ2v) is 2.95. The molecular weight excluding hydrogens is 168 g/mol. The standard InChI is InChI=1S/C8H12N4O/c9-8-2-1-6(11-12-8)7-5-10-3-4-13-7/h1-2,7,10H,3-5H2,(H2,9,12). The normalized spacial score (nSPS) is 22.9. The molecule has 1 aromatic rings. The molecule has 0 radical (unpaired) electrons. The van der Waals surface area contributed by atoms with Crippen LogP contribution in [0.4, 0.5) is 5.82 Å². The number of aromatic nitrogens is 2. The Bertz CT molecular complexity index is 268. The Morgan fingerprint density at radius 2 is 2.38 bits per heavy atom. The molecule has 0 spiro atoms. The summed E-state index contributed by atoms with van der Waals surface area (Å²) in [5.41, 5.74) is 6.26. The number of nitrogen functional groups attached to an aromatic ring is 1. The summed E-state index contributed by atoms with van der Waals surface area (Å²) in [5, 5.41) is 11.0. The average molecular weight is 180 g/mol. The molecule has 0 aliphatic carbocycles. The van der Waals surface area contributed by atoms with Crippen LogP contribution in [-0.2, 0) is 4.74 Å². The van der Waals surface area contributed by atoms with Gasteiger partial charge in [-0.2, -0.15) is 5.10 Å². The van der Waals surface area contributed by atoms with E-state index in [-0.39, 0.29) is 6.10 Å². The van der Waals surface area contributed by atoms with Crippen LogP contribution in [-0.4, -0.2) is 29.9 Å². The van der Waals surface area contributed by atoms with Crippen molar-refractivity contribution in [2.75, 3.05) is 25.4 Å². The molecule has 1 saturated heterocycles. The number of anilines is 1. The van der Waals surface area contributed by atoms with E-state index in [0.717, 1.165) is 25.4 Å². The van der Waals surface area contributed by atoms with Gasteiger partial charge < -0.3 is 15.8 Å². The predicted molar refractivity (Wildman–Crippen MR) is 48.0 cm³/mol. The van der Waals surface area contributed by atoms with Crippen molar-refractivity contribution in [3.63, 3.8) is 0 Å². The fourth-order valence-electron chi connectivity index (χ4n) is 1.28. The van der Waals surface area contributed by atoms with E-state index in [1.807, 2.05) is 6.07 Å². The minimum Gasteiger partial charge on any atom is -0.382 e. The van der Waals surface area contributed by atoms with Gasteiger partial charge in [0.2, 0.25) is 0 Å². The molecule has 2 rings (SSSR count). The van der Waals surface area contributed by atoms with Gasteiger partial charge in [-0.3, -0.25) is 0 Å². The number of hydrogen-bond acceptors (Lipinski definition) is 5. The van der Waals surface area contributed by atoms with E-state index in [2.05, 4.69) is 15.5 Å². The molecule has 3 N–H and O–H groups in total. The van der Waals surface area contributed by atoms with Gasteiger partial charge in [-0.05, 0) is 12.1 Å². The van der Waals surface area contributed by atoms with Crippen LogP contribution >= 0.6 is 0 Å². The molecule has 1 unspecified atom stereocenters. The van der Waals surface area contributed by atoms with Crippen LogP contribution in [0.15, 0.2) is 12.1 Å². The number of hydrogen-bond donors (Lipinski definition) is 2. The molecule has 0 aromatic carbocycles. The van der Waals surface area contributed by atoms with Crippen LogP contribution in [0.25, 0.3) is 0 Å². The highest BCUT2D eigenvalue weighted by atomic mass is 16.5. The lowest BCUT2D eigenvalue weighted by molar-refractivity contribution is 0.0245. The monoisotopic (exact) mass is 180 g/mol. The Kier molecular flexibility index (Phi) is 2.37. The third kappa shape index (κ3) is 1.93. The van der Waals surface area contributed by atoms with Gasteiger partial charge in [-0.15, -0.1) is 5.10 Å². The second kappa shape index (κ2) is 3.68. The first-order valence-corrected chi connectivity index (χ1v) is 4.27. The molecule has 1 aliphatic rings. The number of nitrogens with one attached hydrogen (secondary N) is 1. The fraction of sp³-hybridized carbons (Fsp3) is 0.500. The number of nitrogens with two attached hydrogens (primary N) is 1. The highest BCUT2D eigenvalue weighted by molar-refractivity contribution is 5.26. The van der Waals surface area contributed by atoms with Gasteiger partial charge in [0.25, 0.3) is 0 Å². The van der Waals surface area contributed by atoms with Crippen LogP contribution in [0, 0.1) is 0 Å². The van der Waals surface area contributed by atoms with E-state index in [1.165, 1.54) is 0 Å². The second-order valence-electron chi connectivity index (χ2n) is 2.95. The van der Waals surface area contributed by atoms with E-state index in [4.69, 9.17) is 10.5 Å². The highest BCUT2D eigenvalue weighted by Crippen LogP contribution is 2.15. The maximum absolute atomic E-state index is 5.50. The van der Waals surface area contributed by atoms with Crippen LogP contribution in [0.2, 0.25) is 0 Å². The van der Waals surface area contributed by atoms with Gasteiger partial charge in [0.1, 0.15) is 11.9 Å². The van der Waals surface area contributed by atoms with Crippen LogP contribution in [0.1, 0.15) is 11.8 Å². The molecule has 0 amide bonds. The van der Waals surface area contributed by atoms with Crippen molar-refractivity contribution in [1.29, 1.82) is 0 Å². The molecule has 1 aliphatic heterocycles. The van der Waals surface area contributed by atoms with E-state index < -0.39 is 0 Å². The van der Waals surface area contributed by atoms with Crippen molar-refractivity contribution < 1.29 is 4.74 Å². The summed E-state index contributed by atoms with van der Waals surface area (Å²) in [7, 11) is 0. The SMILES string of the molecule is Nc1ccc(C2CNCCO2)nn1. The summed E-state index contributed by atoms with van der Waals surface area (Å²) in [5.74, 6) is 0.438. The summed E-state index contributed by atoms with van der Waals surface area (Å²) in [6.07, 6.45) is 0.0156. The van der Waals surface area contributed by atoms with Gasteiger partial charge in [0.05, 0.1) is 12.3 Å². The van der Waals surface area contributed by atoms with Crippen molar-refractivity contribution in [3.05, 3.63) is 17.8 Å². The van der Waals surface area contributed by atoms with Gasteiger partial charge >= 0.3 is 0 Å². The molecule has 5 nitrogen and oxygen atoms in total. The van der Waals surface area contributed by atoms with Gasteiger partial charge in [-0.1, -0.05) is 0 Å². The zero-order valence-electron chi connectivity index (χ0n) is 7.23. The molecule has 1 atom stereocenters. The highest BCUT2D eigenvalue weighted by Gasteiger charge is 2.16. The molecule has 2 heterocycles. The first kappa shape index (κ1) is 8.40. The Morgan fingerprint density at radius 1 is 1.46 bits per heavy atom. The molecule has 0 bridgehead atoms. The van der Waals surface area contributed by atoms with Crippen molar-refractivity contribution in [2.45, 2.75) is 6.10 Å². The lowest BCUT2D eigenvalue weighted by atomic mass is 10.2. The van der Waals surface area contributed by atoms with E-state index >= 15 is 0 Å². The molecule has 1 fully saturated rings. The topological polar surface area (TPSA) is 73.1 Å². The summed E-state index contributed by atoms with van der Waals surface area (Å²) in [6.45, 7) is 2.41. The Balaban J connectivity index is 2.10. The molecule has 5 heteroatoms. The summed E-state index contributed by atoms with van der Waals surface area (Å²) >= 11 is 0. The Labute approximate surface area is 76.3 Å².